The molecule has 3 rings (SSSR count). The molecule has 0 saturated carbocycles. The highest BCUT2D eigenvalue weighted by Crippen LogP contribution is 2.29. The van der Waals surface area contributed by atoms with Crippen LogP contribution in [-0.2, 0) is 6.54 Å². The molecule has 1 aromatic heterocycles. The second kappa shape index (κ2) is 7.19. The predicted molar refractivity (Wildman–Crippen MR) is 109 cm³/mol. The van der Waals surface area contributed by atoms with Crippen molar-refractivity contribution in [1.29, 1.82) is 0 Å². The highest BCUT2D eigenvalue weighted by Gasteiger charge is 2.29. The number of hydrogen-bond acceptors (Lipinski definition) is 3. The molecule has 0 atom stereocenters. The lowest BCUT2D eigenvalue weighted by atomic mass is 10.0. The molecule has 0 aliphatic heterocycles. The van der Waals surface area contributed by atoms with Crippen molar-refractivity contribution in [3.8, 4) is 11.1 Å². The molecule has 2 aromatic carbocycles. The van der Waals surface area contributed by atoms with Crippen molar-refractivity contribution in [2.75, 3.05) is 0 Å². The van der Waals surface area contributed by atoms with E-state index < -0.39 is 11.6 Å². The molecule has 1 amide bonds. The summed E-state index contributed by atoms with van der Waals surface area (Å²) in [4.78, 5) is 26.3. The number of rotatable bonds is 3. The predicted octanol–water partition coefficient (Wildman–Crippen LogP) is 5.50. The fourth-order valence-electron chi connectivity index (χ4n) is 2.96. The molecule has 0 aliphatic carbocycles. The Labute approximate surface area is 165 Å². The number of nitrogens with zero attached hydrogens (tertiary/aromatic N) is 1. The number of carboxylic acid groups (broad SMARTS) is 1. The smallest absolute Gasteiger partial charge is 0.408 e. The van der Waals surface area contributed by atoms with E-state index in [1.807, 2.05) is 30.3 Å². The largest absolute Gasteiger partial charge is 0.465 e. The molecule has 0 bridgehead atoms. The Bertz CT molecular complexity index is 1050. The maximum Gasteiger partial charge on any atom is 0.408 e. The van der Waals surface area contributed by atoms with Gasteiger partial charge < -0.3 is 9.52 Å². The van der Waals surface area contributed by atoms with Gasteiger partial charge in [-0.2, -0.15) is 0 Å². The lowest BCUT2D eigenvalue weighted by Gasteiger charge is -2.33. The molecule has 0 saturated heterocycles. The van der Waals surface area contributed by atoms with Crippen LogP contribution in [0.25, 0.3) is 22.1 Å². The van der Waals surface area contributed by atoms with Gasteiger partial charge in [0.1, 0.15) is 11.3 Å². The molecule has 0 fully saturated rings. The van der Waals surface area contributed by atoms with Crippen LogP contribution in [0.3, 0.4) is 0 Å². The Kier molecular flexibility index (Phi) is 5.11. The van der Waals surface area contributed by atoms with Crippen LogP contribution in [0.15, 0.2) is 62.2 Å². The topological polar surface area (TPSA) is 70.8 Å². The molecule has 1 heterocycles. The summed E-state index contributed by atoms with van der Waals surface area (Å²) >= 11 is 3.38. The summed E-state index contributed by atoms with van der Waals surface area (Å²) < 4.78 is 6.81. The minimum atomic E-state index is -1.07. The van der Waals surface area contributed by atoms with E-state index in [4.69, 9.17) is 4.42 Å². The Morgan fingerprint density at radius 2 is 1.81 bits per heavy atom. The minimum absolute atomic E-state index is 0.0235. The average molecular weight is 430 g/mol. The van der Waals surface area contributed by atoms with E-state index in [0.717, 1.165) is 4.47 Å². The molecule has 0 aliphatic rings. The summed E-state index contributed by atoms with van der Waals surface area (Å²) in [5.41, 5.74) is 0.682. The summed E-state index contributed by atoms with van der Waals surface area (Å²) in [6, 6.07) is 14.4. The molecule has 5 nitrogen and oxygen atoms in total. The van der Waals surface area contributed by atoms with Gasteiger partial charge in [0.15, 0.2) is 0 Å². The maximum atomic E-state index is 13.3. The second-order valence-electron chi connectivity index (χ2n) is 7.28. The Balaban J connectivity index is 2.29. The number of amides is 1. The first-order valence-electron chi connectivity index (χ1n) is 8.49. The van der Waals surface area contributed by atoms with Gasteiger partial charge in [0.25, 0.3) is 0 Å². The summed E-state index contributed by atoms with van der Waals surface area (Å²) in [5, 5.41) is 10.1. The standard InChI is InChI=1S/C21H20BrNO4/c1-21(2,3)23(20(25)26)12-17-18(13-7-5-4-6-8-13)19(24)15-11-14(22)9-10-16(15)27-17/h4-11H,12H2,1-3H3,(H,25,26). The molecule has 0 radical (unpaired) electrons. The van der Waals surface area contributed by atoms with Crippen LogP contribution < -0.4 is 5.43 Å². The van der Waals surface area contributed by atoms with Crippen LogP contribution in [0.1, 0.15) is 26.5 Å². The van der Waals surface area contributed by atoms with E-state index in [1.54, 1.807) is 39.0 Å². The third-order valence-corrected chi connectivity index (χ3v) is 4.82. The van der Waals surface area contributed by atoms with Crippen molar-refractivity contribution >= 4 is 33.0 Å². The number of carbonyl (C=O) groups is 1. The number of benzene rings is 2. The number of halogens is 1. The normalized spacial score (nSPS) is 11.6. The lowest BCUT2D eigenvalue weighted by Crippen LogP contribution is -2.44. The van der Waals surface area contributed by atoms with Gasteiger partial charge in [-0.3, -0.25) is 9.69 Å². The third-order valence-electron chi connectivity index (χ3n) is 4.33. The van der Waals surface area contributed by atoms with Crippen molar-refractivity contribution in [2.45, 2.75) is 32.9 Å². The van der Waals surface area contributed by atoms with Gasteiger partial charge >= 0.3 is 6.09 Å². The van der Waals surface area contributed by atoms with E-state index in [9.17, 15) is 14.7 Å². The first-order chi connectivity index (χ1) is 12.7. The van der Waals surface area contributed by atoms with E-state index in [-0.39, 0.29) is 12.0 Å². The van der Waals surface area contributed by atoms with E-state index in [1.165, 1.54) is 4.90 Å². The van der Waals surface area contributed by atoms with Crippen LogP contribution in [0.5, 0.6) is 0 Å². The molecule has 3 aromatic rings. The monoisotopic (exact) mass is 429 g/mol. The van der Waals surface area contributed by atoms with Crippen LogP contribution in [0, 0.1) is 0 Å². The van der Waals surface area contributed by atoms with Gasteiger partial charge in [0.2, 0.25) is 5.43 Å². The third kappa shape index (κ3) is 3.90. The van der Waals surface area contributed by atoms with Crippen molar-refractivity contribution in [3.05, 3.63) is 69.0 Å². The fourth-order valence-corrected chi connectivity index (χ4v) is 3.32. The Morgan fingerprint density at radius 3 is 2.41 bits per heavy atom. The van der Waals surface area contributed by atoms with Crippen LogP contribution in [0.4, 0.5) is 4.79 Å². The van der Waals surface area contributed by atoms with Crippen LogP contribution in [-0.4, -0.2) is 21.6 Å². The SMILES string of the molecule is CC(C)(C)N(Cc1oc2ccc(Br)cc2c(=O)c1-c1ccccc1)C(=O)O. The zero-order valence-corrected chi connectivity index (χ0v) is 16.9. The summed E-state index contributed by atoms with van der Waals surface area (Å²) in [6.07, 6.45) is -1.07. The van der Waals surface area contributed by atoms with Crippen LogP contribution in [0.2, 0.25) is 0 Å². The minimum Gasteiger partial charge on any atom is -0.465 e. The van der Waals surface area contributed by atoms with Gasteiger partial charge in [0.05, 0.1) is 17.5 Å². The molecular formula is C21H20BrNO4. The van der Waals surface area contributed by atoms with Gasteiger partial charge in [-0.1, -0.05) is 46.3 Å². The zero-order valence-electron chi connectivity index (χ0n) is 15.3. The molecule has 0 unspecified atom stereocenters. The highest BCUT2D eigenvalue weighted by atomic mass is 79.9. The molecule has 0 spiro atoms. The number of hydrogen-bond donors (Lipinski definition) is 1. The van der Waals surface area contributed by atoms with E-state index >= 15 is 0 Å². The highest BCUT2D eigenvalue weighted by molar-refractivity contribution is 9.10. The Morgan fingerprint density at radius 1 is 1.15 bits per heavy atom. The summed E-state index contributed by atoms with van der Waals surface area (Å²) in [7, 11) is 0. The zero-order chi connectivity index (χ0) is 19.8. The van der Waals surface area contributed by atoms with Gasteiger partial charge in [0, 0.05) is 10.0 Å². The van der Waals surface area contributed by atoms with Crippen molar-refractivity contribution < 1.29 is 14.3 Å². The first kappa shape index (κ1) is 19.2. The van der Waals surface area contributed by atoms with Gasteiger partial charge in [-0.05, 0) is 44.5 Å². The first-order valence-corrected chi connectivity index (χ1v) is 9.29. The molecular weight excluding hydrogens is 410 g/mol. The van der Waals surface area contributed by atoms with Crippen molar-refractivity contribution in [1.82, 2.24) is 4.90 Å². The molecule has 140 valence electrons. The molecule has 1 N–H and O–H groups in total. The summed E-state index contributed by atoms with van der Waals surface area (Å²) in [5.74, 6) is 0.332. The molecule has 6 heteroatoms. The van der Waals surface area contributed by atoms with Gasteiger partial charge in [-0.15, -0.1) is 0 Å². The Hall–Kier alpha value is -2.60. The number of fused-ring (bicyclic) bond motifs is 1. The summed E-state index contributed by atoms with van der Waals surface area (Å²) in [6.45, 7) is 5.39. The average Bonchev–Trinajstić information content (AvgIpc) is 2.60. The molecule has 27 heavy (non-hydrogen) atoms. The second-order valence-corrected chi connectivity index (χ2v) is 8.19. The van der Waals surface area contributed by atoms with Crippen molar-refractivity contribution in [3.63, 3.8) is 0 Å². The quantitative estimate of drug-likeness (QED) is 0.596. The fraction of sp³-hybridized carbons (Fsp3) is 0.238. The van der Waals surface area contributed by atoms with E-state index in [2.05, 4.69) is 15.9 Å². The lowest BCUT2D eigenvalue weighted by molar-refractivity contribution is 0.0910. The van der Waals surface area contributed by atoms with Gasteiger partial charge in [-0.25, -0.2) is 4.79 Å². The maximum absolute atomic E-state index is 13.3. The van der Waals surface area contributed by atoms with E-state index in [0.29, 0.717) is 27.9 Å². The van der Waals surface area contributed by atoms with Crippen LogP contribution >= 0.6 is 15.9 Å². The van der Waals surface area contributed by atoms with Crippen molar-refractivity contribution in [2.24, 2.45) is 0 Å².